The summed E-state index contributed by atoms with van der Waals surface area (Å²) in [5.74, 6) is 0.636. The molecule has 0 radical (unpaired) electrons. The highest BCUT2D eigenvalue weighted by Gasteiger charge is 2.21. The minimum Gasteiger partial charge on any atom is -0.374 e. The molecule has 1 atom stereocenters. The van der Waals surface area contributed by atoms with E-state index in [1.165, 1.54) is 0 Å². The van der Waals surface area contributed by atoms with Crippen LogP contribution in [0, 0.1) is 5.92 Å². The zero-order valence-electron chi connectivity index (χ0n) is 10.9. The van der Waals surface area contributed by atoms with Gasteiger partial charge in [0.25, 0.3) is 0 Å². The number of carbonyl (C=O) groups is 1. The van der Waals surface area contributed by atoms with Gasteiger partial charge in [0.2, 0.25) is 5.91 Å². The van der Waals surface area contributed by atoms with Crippen LogP contribution in [0.2, 0.25) is 0 Å². The molecule has 1 aliphatic heterocycles. The lowest BCUT2D eigenvalue weighted by Gasteiger charge is -2.32. The maximum atomic E-state index is 11.8. The smallest absolute Gasteiger partial charge is 0.222 e. The molecule has 1 unspecified atom stereocenters. The molecule has 4 heteroatoms. The third kappa shape index (κ3) is 4.49. The zero-order valence-corrected chi connectivity index (χ0v) is 10.9. The molecule has 0 aromatic carbocycles. The molecule has 1 fully saturated rings. The Morgan fingerprint density at radius 3 is 2.81 bits per heavy atom. The van der Waals surface area contributed by atoms with Crippen molar-refractivity contribution in [1.82, 2.24) is 9.80 Å². The van der Waals surface area contributed by atoms with Crippen molar-refractivity contribution in [3.05, 3.63) is 0 Å². The fourth-order valence-corrected chi connectivity index (χ4v) is 1.89. The van der Waals surface area contributed by atoms with Crippen LogP contribution in [0.5, 0.6) is 0 Å². The number of amides is 1. The number of hydrogen-bond donors (Lipinski definition) is 0. The summed E-state index contributed by atoms with van der Waals surface area (Å²) in [4.78, 5) is 15.8. The van der Waals surface area contributed by atoms with E-state index in [2.05, 4.69) is 25.8 Å². The fourth-order valence-electron chi connectivity index (χ4n) is 1.89. The van der Waals surface area contributed by atoms with Gasteiger partial charge in [0.05, 0.1) is 12.7 Å². The Hall–Kier alpha value is -0.610. The fraction of sp³-hybridized carbons (Fsp3) is 0.917. The maximum absolute atomic E-state index is 11.8. The molecule has 0 aliphatic carbocycles. The van der Waals surface area contributed by atoms with Gasteiger partial charge in [-0.3, -0.25) is 4.79 Å². The summed E-state index contributed by atoms with van der Waals surface area (Å²) in [6.07, 6.45) is 0.791. The van der Waals surface area contributed by atoms with Crippen LogP contribution in [0.25, 0.3) is 0 Å². The van der Waals surface area contributed by atoms with Crippen LogP contribution in [0.3, 0.4) is 0 Å². The molecule has 1 aliphatic rings. The van der Waals surface area contributed by atoms with Crippen LogP contribution in [-0.2, 0) is 9.53 Å². The molecule has 94 valence electrons. The zero-order chi connectivity index (χ0) is 12.1. The average molecular weight is 228 g/mol. The number of likely N-dealkylation sites (N-methyl/N-ethyl adjacent to an activating group) is 2. The van der Waals surface area contributed by atoms with Gasteiger partial charge in [-0.15, -0.1) is 0 Å². The molecule has 0 bridgehead atoms. The molecular weight excluding hydrogens is 204 g/mol. The molecule has 0 spiro atoms. The van der Waals surface area contributed by atoms with Crippen LogP contribution in [0.15, 0.2) is 0 Å². The monoisotopic (exact) mass is 228 g/mol. The molecule has 0 N–H and O–H groups in total. The molecular formula is C12H24N2O2. The Labute approximate surface area is 98.5 Å². The number of ether oxygens (including phenoxy) is 1. The van der Waals surface area contributed by atoms with E-state index in [-0.39, 0.29) is 12.0 Å². The standard InChI is InChI=1S/C12H24N2O2/c1-10(2)7-12(15)14(4)9-11-8-13(3)5-6-16-11/h10-11H,5-9H2,1-4H3. The summed E-state index contributed by atoms with van der Waals surface area (Å²) in [6.45, 7) is 7.51. The van der Waals surface area contributed by atoms with Gasteiger partial charge in [-0.05, 0) is 13.0 Å². The molecule has 0 aromatic rings. The molecule has 1 heterocycles. The van der Waals surface area contributed by atoms with Gasteiger partial charge in [0, 0.05) is 33.1 Å². The van der Waals surface area contributed by atoms with Crippen LogP contribution in [0.1, 0.15) is 20.3 Å². The van der Waals surface area contributed by atoms with Crippen LogP contribution < -0.4 is 0 Å². The minimum atomic E-state index is 0.167. The highest BCUT2D eigenvalue weighted by atomic mass is 16.5. The van der Waals surface area contributed by atoms with E-state index < -0.39 is 0 Å². The second-order valence-corrected chi connectivity index (χ2v) is 5.13. The van der Waals surface area contributed by atoms with Crippen molar-refractivity contribution in [2.75, 3.05) is 40.3 Å². The van der Waals surface area contributed by atoms with Crippen molar-refractivity contribution in [1.29, 1.82) is 0 Å². The van der Waals surface area contributed by atoms with Crippen molar-refractivity contribution in [3.63, 3.8) is 0 Å². The summed E-state index contributed by atoms with van der Waals surface area (Å²) in [5.41, 5.74) is 0. The second kappa shape index (κ2) is 6.21. The van der Waals surface area contributed by atoms with Gasteiger partial charge >= 0.3 is 0 Å². The Morgan fingerprint density at radius 1 is 1.56 bits per heavy atom. The third-order valence-electron chi connectivity index (χ3n) is 2.83. The number of morpholine rings is 1. The lowest BCUT2D eigenvalue weighted by atomic mass is 10.1. The van der Waals surface area contributed by atoms with E-state index >= 15 is 0 Å². The first kappa shape index (κ1) is 13.5. The van der Waals surface area contributed by atoms with Gasteiger partial charge < -0.3 is 14.5 Å². The second-order valence-electron chi connectivity index (χ2n) is 5.13. The van der Waals surface area contributed by atoms with Crippen LogP contribution >= 0.6 is 0 Å². The van der Waals surface area contributed by atoms with Crippen molar-refractivity contribution in [2.24, 2.45) is 5.92 Å². The Balaban J connectivity index is 2.32. The maximum Gasteiger partial charge on any atom is 0.222 e. The first-order valence-electron chi connectivity index (χ1n) is 6.03. The number of nitrogens with zero attached hydrogens (tertiary/aromatic N) is 2. The van der Waals surface area contributed by atoms with Crippen LogP contribution in [-0.4, -0.2) is 62.1 Å². The molecule has 1 rings (SSSR count). The molecule has 16 heavy (non-hydrogen) atoms. The molecule has 1 amide bonds. The summed E-state index contributed by atoms with van der Waals surface area (Å²) in [6, 6.07) is 0. The highest BCUT2D eigenvalue weighted by molar-refractivity contribution is 5.76. The molecule has 0 aromatic heterocycles. The van der Waals surface area contributed by atoms with Gasteiger partial charge in [-0.25, -0.2) is 0 Å². The van der Waals surface area contributed by atoms with E-state index in [0.717, 1.165) is 19.7 Å². The lowest BCUT2D eigenvalue weighted by Crippen LogP contribution is -2.46. The van der Waals surface area contributed by atoms with Crippen molar-refractivity contribution in [2.45, 2.75) is 26.4 Å². The average Bonchev–Trinajstić information content (AvgIpc) is 2.16. The van der Waals surface area contributed by atoms with Gasteiger partial charge in [0.1, 0.15) is 0 Å². The predicted octanol–water partition coefficient (Wildman–Crippen LogP) is 0.821. The van der Waals surface area contributed by atoms with E-state index in [0.29, 0.717) is 18.9 Å². The summed E-state index contributed by atoms with van der Waals surface area (Å²) >= 11 is 0. The Bertz CT molecular complexity index is 231. The Morgan fingerprint density at radius 2 is 2.25 bits per heavy atom. The van der Waals surface area contributed by atoms with E-state index in [1.807, 2.05) is 7.05 Å². The summed E-state index contributed by atoms with van der Waals surface area (Å²) in [5, 5.41) is 0. The normalized spacial score (nSPS) is 22.4. The topological polar surface area (TPSA) is 32.8 Å². The SMILES string of the molecule is CC(C)CC(=O)N(C)CC1CN(C)CCO1. The van der Waals surface area contributed by atoms with Crippen molar-refractivity contribution in [3.8, 4) is 0 Å². The van der Waals surface area contributed by atoms with Gasteiger partial charge in [-0.1, -0.05) is 13.8 Å². The number of rotatable bonds is 4. The highest BCUT2D eigenvalue weighted by Crippen LogP contribution is 2.07. The quantitative estimate of drug-likeness (QED) is 0.714. The lowest BCUT2D eigenvalue weighted by molar-refractivity contribution is -0.133. The minimum absolute atomic E-state index is 0.167. The molecule has 4 nitrogen and oxygen atoms in total. The molecule has 1 saturated heterocycles. The van der Waals surface area contributed by atoms with Crippen LogP contribution in [0.4, 0.5) is 0 Å². The largest absolute Gasteiger partial charge is 0.374 e. The first-order chi connectivity index (χ1) is 7.49. The number of hydrogen-bond acceptors (Lipinski definition) is 3. The van der Waals surface area contributed by atoms with Gasteiger partial charge in [-0.2, -0.15) is 0 Å². The third-order valence-corrected chi connectivity index (χ3v) is 2.83. The van der Waals surface area contributed by atoms with Crippen molar-refractivity contribution < 1.29 is 9.53 Å². The summed E-state index contributed by atoms with van der Waals surface area (Å²) in [7, 11) is 3.95. The van der Waals surface area contributed by atoms with Crippen molar-refractivity contribution >= 4 is 5.91 Å². The predicted molar refractivity (Wildman–Crippen MR) is 64.3 cm³/mol. The molecule has 0 saturated carbocycles. The Kier molecular flexibility index (Phi) is 5.22. The summed E-state index contributed by atoms with van der Waals surface area (Å²) < 4.78 is 5.64. The van der Waals surface area contributed by atoms with E-state index in [1.54, 1.807) is 4.90 Å². The number of carbonyl (C=O) groups excluding carboxylic acids is 1. The van der Waals surface area contributed by atoms with E-state index in [9.17, 15) is 4.79 Å². The first-order valence-corrected chi connectivity index (χ1v) is 6.03. The van der Waals surface area contributed by atoms with E-state index in [4.69, 9.17) is 4.74 Å². The van der Waals surface area contributed by atoms with Gasteiger partial charge in [0.15, 0.2) is 0 Å².